The van der Waals surface area contributed by atoms with E-state index in [-0.39, 0.29) is 23.7 Å². The second-order valence-electron chi connectivity index (χ2n) is 8.22. The summed E-state index contributed by atoms with van der Waals surface area (Å²) in [4.78, 5) is 31.1. The minimum Gasteiger partial charge on any atom is -0.452 e. The van der Waals surface area contributed by atoms with Crippen molar-refractivity contribution in [3.05, 3.63) is 77.7 Å². The number of rotatable bonds is 7. The Morgan fingerprint density at radius 2 is 1.84 bits per heavy atom. The van der Waals surface area contributed by atoms with Crippen LogP contribution in [-0.2, 0) is 24.3 Å². The number of esters is 1. The highest BCUT2D eigenvalue weighted by atomic mass is 32.2. The Bertz CT molecular complexity index is 1550. The van der Waals surface area contributed by atoms with E-state index in [0.29, 0.717) is 35.4 Å². The molecule has 0 radical (unpaired) electrons. The van der Waals surface area contributed by atoms with Crippen molar-refractivity contribution in [2.45, 2.75) is 4.90 Å². The van der Waals surface area contributed by atoms with E-state index in [4.69, 9.17) is 9.47 Å². The number of nitrogens with zero attached hydrogens (tertiary/aromatic N) is 2. The van der Waals surface area contributed by atoms with Crippen molar-refractivity contribution < 1.29 is 27.5 Å². The van der Waals surface area contributed by atoms with Gasteiger partial charge in [0.05, 0.1) is 39.8 Å². The van der Waals surface area contributed by atoms with Crippen LogP contribution in [0.2, 0.25) is 0 Å². The number of ether oxygens (including phenoxy) is 2. The van der Waals surface area contributed by atoms with Crippen molar-refractivity contribution in [2.75, 3.05) is 38.2 Å². The van der Waals surface area contributed by atoms with E-state index in [1.54, 1.807) is 30.3 Å². The SMILES string of the molecule is O=C(COC(=O)c1cc(-c2cccs2)nc2ccccc12)Nc1cccc(S(=O)(=O)N2CCOCC2)c1. The molecule has 1 amide bonds. The Labute approximate surface area is 217 Å². The third-order valence-corrected chi connectivity index (χ3v) is 8.56. The van der Waals surface area contributed by atoms with Gasteiger partial charge in [0.25, 0.3) is 5.91 Å². The fourth-order valence-electron chi connectivity index (χ4n) is 3.97. The molecule has 0 unspecified atom stereocenters. The molecule has 3 heterocycles. The third kappa shape index (κ3) is 5.54. The van der Waals surface area contributed by atoms with Crippen molar-refractivity contribution in [3.8, 4) is 10.6 Å². The van der Waals surface area contributed by atoms with Gasteiger partial charge in [-0.25, -0.2) is 18.2 Å². The molecule has 2 aromatic carbocycles. The second kappa shape index (κ2) is 10.8. The normalized spacial score (nSPS) is 14.4. The van der Waals surface area contributed by atoms with Crippen molar-refractivity contribution >= 4 is 49.8 Å². The number of morpholine rings is 1. The number of hydrogen-bond acceptors (Lipinski definition) is 8. The lowest BCUT2D eigenvalue weighted by Gasteiger charge is -2.26. The van der Waals surface area contributed by atoms with Crippen LogP contribution in [0.5, 0.6) is 0 Å². The molecule has 4 aromatic rings. The first kappa shape index (κ1) is 25.0. The molecule has 2 aromatic heterocycles. The lowest BCUT2D eigenvalue weighted by molar-refractivity contribution is -0.119. The summed E-state index contributed by atoms with van der Waals surface area (Å²) in [5, 5.41) is 5.15. The van der Waals surface area contributed by atoms with E-state index >= 15 is 0 Å². The lowest BCUT2D eigenvalue weighted by Crippen LogP contribution is -2.40. The molecule has 11 heteroatoms. The Hall–Kier alpha value is -3.64. The fraction of sp³-hybridized carbons (Fsp3) is 0.192. The standard InChI is InChI=1S/C26H23N3O6S2/c30-25(27-18-5-3-6-19(15-18)37(32,33)29-10-12-34-13-11-29)17-35-26(31)21-16-23(24-9-4-14-36-24)28-22-8-2-1-7-20(21)22/h1-9,14-16H,10-13,17H2,(H,27,30). The van der Waals surface area contributed by atoms with Crippen LogP contribution in [0.3, 0.4) is 0 Å². The number of carbonyl (C=O) groups is 2. The zero-order valence-electron chi connectivity index (χ0n) is 19.6. The maximum Gasteiger partial charge on any atom is 0.339 e. The van der Waals surface area contributed by atoms with Crippen LogP contribution in [0.25, 0.3) is 21.5 Å². The summed E-state index contributed by atoms with van der Waals surface area (Å²) in [5.41, 5.74) is 1.87. The van der Waals surface area contributed by atoms with Gasteiger partial charge < -0.3 is 14.8 Å². The molecule has 190 valence electrons. The van der Waals surface area contributed by atoms with Crippen LogP contribution < -0.4 is 5.32 Å². The van der Waals surface area contributed by atoms with Gasteiger partial charge in [0.1, 0.15) is 0 Å². The third-order valence-electron chi connectivity index (χ3n) is 5.77. The van der Waals surface area contributed by atoms with Crippen LogP contribution in [0, 0.1) is 0 Å². The lowest BCUT2D eigenvalue weighted by atomic mass is 10.1. The summed E-state index contributed by atoms with van der Waals surface area (Å²) in [5.74, 6) is -1.25. The van der Waals surface area contributed by atoms with Crippen LogP contribution in [0.1, 0.15) is 10.4 Å². The number of pyridine rings is 1. The number of para-hydroxylation sites is 1. The smallest absolute Gasteiger partial charge is 0.339 e. The summed E-state index contributed by atoms with van der Waals surface area (Å²) in [6, 6.07) is 18.7. The fourth-order valence-corrected chi connectivity index (χ4v) is 6.11. The summed E-state index contributed by atoms with van der Waals surface area (Å²) in [6.45, 7) is 0.676. The van der Waals surface area contributed by atoms with Gasteiger partial charge >= 0.3 is 5.97 Å². The zero-order chi connectivity index (χ0) is 25.8. The summed E-state index contributed by atoms with van der Waals surface area (Å²) < 4.78 is 37.7. The summed E-state index contributed by atoms with van der Waals surface area (Å²) in [6.07, 6.45) is 0. The molecule has 9 nitrogen and oxygen atoms in total. The first-order valence-corrected chi connectivity index (χ1v) is 13.8. The van der Waals surface area contributed by atoms with Crippen molar-refractivity contribution in [1.82, 2.24) is 9.29 Å². The summed E-state index contributed by atoms with van der Waals surface area (Å²) >= 11 is 1.51. The number of sulfonamides is 1. The number of carbonyl (C=O) groups excluding carboxylic acids is 2. The predicted molar refractivity (Wildman–Crippen MR) is 140 cm³/mol. The maximum absolute atomic E-state index is 13.0. The predicted octanol–water partition coefficient (Wildman–Crippen LogP) is 3.78. The molecule has 0 aliphatic carbocycles. The average Bonchev–Trinajstić information content (AvgIpc) is 3.47. The van der Waals surface area contributed by atoms with E-state index in [0.717, 1.165) is 4.88 Å². The highest BCUT2D eigenvalue weighted by Gasteiger charge is 2.26. The highest BCUT2D eigenvalue weighted by molar-refractivity contribution is 7.89. The van der Waals surface area contributed by atoms with Gasteiger partial charge in [-0.3, -0.25) is 4.79 Å². The van der Waals surface area contributed by atoms with E-state index in [1.807, 2.05) is 29.6 Å². The Morgan fingerprint density at radius 1 is 1.03 bits per heavy atom. The molecule has 0 atom stereocenters. The van der Waals surface area contributed by atoms with E-state index in [9.17, 15) is 18.0 Å². The first-order chi connectivity index (χ1) is 17.9. The quantitative estimate of drug-likeness (QED) is 0.357. The van der Waals surface area contributed by atoms with Gasteiger partial charge in [-0.15, -0.1) is 11.3 Å². The molecule has 1 saturated heterocycles. The van der Waals surface area contributed by atoms with E-state index < -0.39 is 28.5 Å². The number of aromatic nitrogens is 1. The molecule has 1 aliphatic heterocycles. The van der Waals surface area contributed by atoms with Crippen LogP contribution >= 0.6 is 11.3 Å². The molecule has 0 spiro atoms. The Balaban J connectivity index is 1.28. The number of anilines is 1. The molecule has 1 aliphatic rings. The first-order valence-electron chi connectivity index (χ1n) is 11.5. The molecule has 0 bridgehead atoms. The monoisotopic (exact) mass is 537 g/mol. The minimum atomic E-state index is -3.71. The number of fused-ring (bicyclic) bond motifs is 1. The van der Waals surface area contributed by atoms with Gasteiger partial charge in [0, 0.05) is 24.2 Å². The molecular formula is C26H23N3O6S2. The molecule has 0 saturated carbocycles. The number of amides is 1. The molecule has 1 N–H and O–H groups in total. The molecule has 37 heavy (non-hydrogen) atoms. The average molecular weight is 538 g/mol. The van der Waals surface area contributed by atoms with Crippen LogP contribution in [0.15, 0.2) is 77.0 Å². The molecule has 1 fully saturated rings. The second-order valence-corrected chi connectivity index (χ2v) is 11.1. The van der Waals surface area contributed by atoms with Gasteiger partial charge in [0.15, 0.2) is 6.61 Å². The van der Waals surface area contributed by atoms with Crippen LogP contribution in [0.4, 0.5) is 5.69 Å². The van der Waals surface area contributed by atoms with E-state index in [1.165, 1.54) is 27.8 Å². The van der Waals surface area contributed by atoms with Gasteiger partial charge in [0.2, 0.25) is 10.0 Å². The number of hydrogen-bond donors (Lipinski definition) is 1. The van der Waals surface area contributed by atoms with Gasteiger partial charge in [-0.1, -0.05) is 30.3 Å². The van der Waals surface area contributed by atoms with Crippen molar-refractivity contribution in [1.29, 1.82) is 0 Å². The Kier molecular flexibility index (Phi) is 7.28. The number of nitrogens with one attached hydrogen (secondary N) is 1. The van der Waals surface area contributed by atoms with Gasteiger partial charge in [-0.05, 0) is 41.8 Å². The molecule has 5 rings (SSSR count). The number of thiophene rings is 1. The number of benzene rings is 2. The minimum absolute atomic E-state index is 0.0635. The van der Waals surface area contributed by atoms with Gasteiger partial charge in [-0.2, -0.15) is 4.31 Å². The van der Waals surface area contributed by atoms with Crippen molar-refractivity contribution in [2.24, 2.45) is 0 Å². The Morgan fingerprint density at radius 3 is 2.62 bits per heavy atom. The van der Waals surface area contributed by atoms with Crippen LogP contribution in [-0.4, -0.2) is 62.5 Å². The highest BCUT2D eigenvalue weighted by Crippen LogP contribution is 2.28. The molecular weight excluding hydrogens is 514 g/mol. The zero-order valence-corrected chi connectivity index (χ0v) is 21.3. The topological polar surface area (TPSA) is 115 Å². The van der Waals surface area contributed by atoms with E-state index in [2.05, 4.69) is 10.3 Å². The largest absolute Gasteiger partial charge is 0.452 e. The maximum atomic E-state index is 13.0. The summed E-state index contributed by atoms with van der Waals surface area (Å²) in [7, 11) is -3.71. The van der Waals surface area contributed by atoms with Crippen molar-refractivity contribution in [3.63, 3.8) is 0 Å².